The van der Waals surface area contributed by atoms with Crippen LogP contribution in [0.4, 0.5) is 0 Å². The summed E-state index contributed by atoms with van der Waals surface area (Å²) < 4.78 is 7.33. The monoisotopic (exact) mass is 133 g/mol. The van der Waals surface area contributed by atoms with Crippen LogP contribution in [-0.2, 0) is 4.74 Å². The first-order valence-corrected chi connectivity index (χ1v) is 3.37. The molecule has 1 saturated heterocycles. The lowest BCUT2D eigenvalue weighted by atomic mass is 10.3. The Bertz CT molecular complexity index is 78.8. The van der Waals surface area contributed by atoms with Gasteiger partial charge in [-0.25, -0.2) is 0 Å². The van der Waals surface area contributed by atoms with Crippen molar-refractivity contribution in [2.75, 3.05) is 20.2 Å². The molecule has 0 bridgehead atoms. The molecule has 0 spiro atoms. The summed E-state index contributed by atoms with van der Waals surface area (Å²) in [6.45, 7) is 2.23. The lowest BCUT2D eigenvalue weighted by Crippen LogP contribution is -2.13. The van der Waals surface area contributed by atoms with E-state index in [4.69, 9.17) is 4.74 Å². The van der Waals surface area contributed by atoms with E-state index in [1.165, 1.54) is 6.42 Å². The summed E-state index contributed by atoms with van der Waals surface area (Å²) in [5.74, 6) is 0. The van der Waals surface area contributed by atoms with E-state index in [0.29, 0.717) is 6.10 Å². The minimum Gasteiger partial charge on any atom is -0.380 e. The molecular weight excluding hydrogens is 121 g/mol. The fourth-order valence-electron chi connectivity index (χ4n) is 0.946. The molecule has 2 nitrogen and oxygen atoms in total. The number of ether oxygens (including phenoxy) is 1. The Balaban J connectivity index is 2.22. The van der Waals surface area contributed by atoms with Crippen molar-refractivity contribution in [3.63, 3.8) is 0 Å². The van der Waals surface area contributed by atoms with Gasteiger partial charge < -0.3 is 4.74 Å². The molecule has 0 saturated carbocycles. The summed E-state index contributed by atoms with van der Waals surface area (Å²) in [6.07, 6.45) is 1.66. The van der Waals surface area contributed by atoms with E-state index in [1.54, 1.807) is 7.11 Å². The van der Waals surface area contributed by atoms with E-state index in [9.17, 15) is 0 Å². The van der Waals surface area contributed by atoms with Crippen molar-refractivity contribution in [2.45, 2.75) is 12.5 Å². The molecule has 48 valence electrons. The molecule has 3 heteroatoms. The predicted octanol–water partition coefficient (Wildman–Crippen LogP) is 0.497. The Morgan fingerprint density at radius 3 is 2.75 bits per heavy atom. The predicted molar refractivity (Wildman–Crippen MR) is 36.7 cm³/mol. The molecule has 2 unspecified atom stereocenters. The highest BCUT2D eigenvalue weighted by Gasteiger charge is 2.17. The van der Waals surface area contributed by atoms with Crippen LogP contribution in [0, 0.1) is 0 Å². The van der Waals surface area contributed by atoms with Gasteiger partial charge in [0.2, 0.25) is 0 Å². The van der Waals surface area contributed by atoms with Gasteiger partial charge in [0.25, 0.3) is 0 Å². The third-order valence-electron chi connectivity index (χ3n) is 1.51. The average Bonchev–Trinajstić information content (AvgIpc) is 2.14. The second-order valence-electron chi connectivity index (χ2n) is 2.14. The van der Waals surface area contributed by atoms with Gasteiger partial charge in [0.1, 0.15) is 0 Å². The van der Waals surface area contributed by atoms with Gasteiger partial charge in [-0.2, -0.15) is 0 Å². The summed E-state index contributed by atoms with van der Waals surface area (Å²) >= 11 is 0. The molecule has 1 aliphatic rings. The molecule has 0 aliphatic carbocycles. The van der Waals surface area contributed by atoms with Gasteiger partial charge in [-0.15, -0.1) is 0 Å². The molecule has 0 aromatic carbocycles. The van der Waals surface area contributed by atoms with E-state index in [-0.39, 0.29) is 0 Å². The quantitative estimate of drug-likeness (QED) is 0.483. The van der Waals surface area contributed by atoms with Crippen LogP contribution in [0.1, 0.15) is 6.42 Å². The summed E-state index contributed by atoms with van der Waals surface area (Å²) in [5, 5.41) is 0. The maximum Gasteiger partial charge on any atom is 0.0713 e. The van der Waals surface area contributed by atoms with Gasteiger partial charge in [0, 0.05) is 20.2 Å². The zero-order chi connectivity index (χ0) is 5.98. The number of nitrogens with zero attached hydrogens (tertiary/aromatic N) is 1. The van der Waals surface area contributed by atoms with Crippen molar-refractivity contribution < 1.29 is 4.74 Å². The number of rotatable bonds is 1. The minimum absolute atomic E-state index is 0.479. The van der Waals surface area contributed by atoms with Crippen LogP contribution in [0.15, 0.2) is 0 Å². The lowest BCUT2D eigenvalue weighted by Gasteiger charge is -2.06. The summed E-state index contributed by atoms with van der Waals surface area (Å²) in [4.78, 5) is 0. The third-order valence-corrected chi connectivity index (χ3v) is 1.98. The molecule has 1 fully saturated rings. The Morgan fingerprint density at radius 2 is 2.50 bits per heavy atom. The van der Waals surface area contributed by atoms with Crippen molar-refractivity contribution in [3.8, 4) is 0 Å². The first kappa shape index (κ1) is 6.47. The van der Waals surface area contributed by atoms with Crippen LogP contribution in [0.2, 0.25) is 0 Å². The molecule has 0 aromatic heterocycles. The molecule has 0 radical (unpaired) electrons. The highest BCUT2D eigenvalue weighted by molar-refractivity contribution is 7.13. The van der Waals surface area contributed by atoms with Gasteiger partial charge in [-0.1, -0.05) is 9.39 Å². The molecule has 0 aromatic rings. The van der Waals surface area contributed by atoms with Crippen LogP contribution in [0.5, 0.6) is 0 Å². The Morgan fingerprint density at radius 1 is 1.75 bits per heavy atom. The molecule has 0 N–H and O–H groups in total. The second-order valence-corrected chi connectivity index (χ2v) is 2.87. The fourth-order valence-corrected chi connectivity index (χ4v) is 1.33. The third kappa shape index (κ3) is 1.41. The summed E-state index contributed by atoms with van der Waals surface area (Å²) in [5.41, 5.74) is 0. The maximum atomic E-state index is 5.13. The van der Waals surface area contributed by atoms with Crippen LogP contribution in [0.3, 0.4) is 0 Å². The van der Waals surface area contributed by atoms with E-state index in [1.807, 2.05) is 0 Å². The summed E-state index contributed by atoms with van der Waals surface area (Å²) in [6, 6.07) is 0. The topological polar surface area (TPSA) is 12.5 Å². The average molecular weight is 133 g/mol. The van der Waals surface area contributed by atoms with Crippen molar-refractivity contribution in [2.24, 2.45) is 0 Å². The van der Waals surface area contributed by atoms with E-state index < -0.39 is 0 Å². The van der Waals surface area contributed by atoms with Crippen molar-refractivity contribution in [1.82, 2.24) is 4.67 Å². The molecule has 1 rings (SSSR count). The number of hydrogen-bond donors (Lipinski definition) is 0. The highest BCUT2D eigenvalue weighted by atomic mass is 31.0. The van der Waals surface area contributed by atoms with Crippen LogP contribution in [-0.4, -0.2) is 31.0 Å². The minimum atomic E-state index is 0.479. The molecule has 1 heterocycles. The highest BCUT2D eigenvalue weighted by Crippen LogP contribution is 2.14. The smallest absolute Gasteiger partial charge is 0.0713 e. The normalized spacial score (nSPS) is 31.5. The van der Waals surface area contributed by atoms with Crippen LogP contribution >= 0.6 is 9.39 Å². The van der Waals surface area contributed by atoms with Crippen molar-refractivity contribution >= 4 is 9.39 Å². The van der Waals surface area contributed by atoms with Crippen molar-refractivity contribution in [1.29, 1.82) is 0 Å². The standard InChI is InChI=1S/C5H12NOP/c1-7-5-2-3-6(8)4-5/h5H,2-4,8H2,1H3. The zero-order valence-corrected chi connectivity index (χ0v) is 6.29. The van der Waals surface area contributed by atoms with Gasteiger partial charge in [-0.3, -0.25) is 4.67 Å². The largest absolute Gasteiger partial charge is 0.380 e. The molecule has 8 heavy (non-hydrogen) atoms. The van der Waals surface area contributed by atoms with E-state index in [0.717, 1.165) is 13.1 Å². The van der Waals surface area contributed by atoms with Gasteiger partial charge in [0.15, 0.2) is 0 Å². The Hall–Kier alpha value is 0.350. The fraction of sp³-hybridized carbons (Fsp3) is 1.00. The SMILES string of the molecule is COC1CCN(P)C1. The van der Waals surface area contributed by atoms with Gasteiger partial charge in [-0.05, 0) is 6.42 Å². The molecule has 0 amide bonds. The summed E-state index contributed by atoms with van der Waals surface area (Å²) in [7, 11) is 4.45. The Labute approximate surface area is 52.5 Å². The first-order valence-electron chi connectivity index (χ1n) is 2.85. The van der Waals surface area contributed by atoms with Crippen LogP contribution in [0.25, 0.3) is 0 Å². The zero-order valence-electron chi connectivity index (χ0n) is 5.13. The van der Waals surface area contributed by atoms with Gasteiger partial charge >= 0.3 is 0 Å². The van der Waals surface area contributed by atoms with E-state index in [2.05, 4.69) is 14.1 Å². The number of hydrogen-bond acceptors (Lipinski definition) is 2. The number of methoxy groups -OCH3 is 1. The lowest BCUT2D eigenvalue weighted by molar-refractivity contribution is 0.115. The first-order chi connectivity index (χ1) is 3.83. The second kappa shape index (κ2) is 2.77. The van der Waals surface area contributed by atoms with Gasteiger partial charge in [0.05, 0.1) is 6.10 Å². The Kier molecular flexibility index (Phi) is 2.24. The van der Waals surface area contributed by atoms with Crippen molar-refractivity contribution in [3.05, 3.63) is 0 Å². The molecular formula is C5H12NOP. The van der Waals surface area contributed by atoms with E-state index >= 15 is 0 Å². The maximum absolute atomic E-state index is 5.13. The molecule has 1 aliphatic heterocycles. The van der Waals surface area contributed by atoms with Crippen LogP contribution < -0.4 is 0 Å². The molecule has 2 atom stereocenters.